The quantitative estimate of drug-likeness (QED) is 0.642. The highest BCUT2D eigenvalue weighted by Crippen LogP contribution is 2.40. The number of halogens is 1. The molecule has 164 valence electrons. The van der Waals surface area contributed by atoms with E-state index >= 15 is 0 Å². The van der Waals surface area contributed by atoms with E-state index in [2.05, 4.69) is 14.9 Å². The molecule has 6 nitrogen and oxygen atoms in total. The van der Waals surface area contributed by atoms with Crippen LogP contribution in [0.2, 0.25) is 0 Å². The minimum absolute atomic E-state index is 0.0817. The minimum atomic E-state index is -0.560. The van der Waals surface area contributed by atoms with Crippen molar-refractivity contribution in [2.24, 2.45) is 0 Å². The summed E-state index contributed by atoms with van der Waals surface area (Å²) < 4.78 is 13.5. The summed E-state index contributed by atoms with van der Waals surface area (Å²) in [6.07, 6.45) is 8.28. The summed E-state index contributed by atoms with van der Waals surface area (Å²) in [6.45, 7) is 10.0. The summed E-state index contributed by atoms with van der Waals surface area (Å²) in [4.78, 5) is 29.4. The molecule has 2 aromatic heterocycles. The fourth-order valence-electron chi connectivity index (χ4n) is 4.06. The van der Waals surface area contributed by atoms with E-state index in [1.54, 1.807) is 24.2 Å². The molecule has 4 rings (SSSR count). The normalized spacial score (nSPS) is 18.2. The summed E-state index contributed by atoms with van der Waals surface area (Å²) in [5, 5.41) is 0. The highest BCUT2D eigenvalue weighted by atomic mass is 19.1. The van der Waals surface area contributed by atoms with E-state index in [1.165, 1.54) is 25.1 Å². The molecule has 7 heteroatoms. The predicted octanol–water partition coefficient (Wildman–Crippen LogP) is 5.23. The Kier molecular flexibility index (Phi) is 8.69. The topological polar surface area (TPSA) is 62.2 Å². The van der Waals surface area contributed by atoms with Gasteiger partial charge in [0.1, 0.15) is 11.7 Å². The van der Waals surface area contributed by atoms with E-state index < -0.39 is 5.95 Å². The number of rotatable bonds is 3. The fourth-order valence-corrected chi connectivity index (χ4v) is 4.06. The van der Waals surface area contributed by atoms with Crippen molar-refractivity contribution in [1.29, 1.82) is 0 Å². The molecule has 0 radical (unpaired) electrons. The zero-order chi connectivity index (χ0) is 22.3. The Labute approximate surface area is 179 Å². The fraction of sp³-hybridized carbons (Fsp3) is 0.565. The Morgan fingerprint density at radius 1 is 1.13 bits per heavy atom. The lowest BCUT2D eigenvalue weighted by atomic mass is 10.0. The number of amides is 1. The summed E-state index contributed by atoms with van der Waals surface area (Å²) in [6, 6.07) is 3.12. The Balaban J connectivity index is 0.000000757. The molecule has 2 aromatic rings. The van der Waals surface area contributed by atoms with Crippen LogP contribution in [0.5, 0.6) is 0 Å². The van der Waals surface area contributed by atoms with Crippen LogP contribution in [0.3, 0.4) is 0 Å². The molecule has 0 saturated heterocycles. The van der Waals surface area contributed by atoms with Gasteiger partial charge in [-0.3, -0.25) is 4.79 Å². The van der Waals surface area contributed by atoms with Gasteiger partial charge in [-0.2, -0.15) is 4.39 Å². The second-order valence-corrected chi connectivity index (χ2v) is 6.94. The van der Waals surface area contributed by atoms with Crippen molar-refractivity contribution in [3.05, 3.63) is 30.5 Å². The molecule has 1 unspecified atom stereocenters. The number of carbonyl (C=O) groups excluding carboxylic acids is 1. The maximum Gasteiger partial charge on any atom is 0.249 e. The highest BCUT2D eigenvalue weighted by molar-refractivity contribution is 6.04. The zero-order valence-corrected chi connectivity index (χ0v) is 19.0. The first kappa shape index (κ1) is 23.7. The Morgan fingerprint density at radius 3 is 2.40 bits per heavy atom. The second-order valence-electron chi connectivity index (χ2n) is 6.94. The molecule has 0 aromatic carbocycles. The molecule has 3 heterocycles. The maximum absolute atomic E-state index is 13.5. The van der Waals surface area contributed by atoms with Crippen LogP contribution >= 0.6 is 0 Å². The maximum atomic E-state index is 13.5. The number of aromatic nitrogens is 3. The van der Waals surface area contributed by atoms with Crippen molar-refractivity contribution in [2.45, 2.75) is 78.8 Å². The number of pyridine rings is 1. The van der Waals surface area contributed by atoms with Crippen LogP contribution in [-0.4, -0.2) is 40.0 Å². The molecular weight excluding hydrogens is 381 g/mol. The molecule has 0 N–H and O–H groups in total. The molecule has 0 spiro atoms. The monoisotopic (exact) mass is 415 g/mol. The number of hydrogen-bond acceptors (Lipinski definition) is 5. The summed E-state index contributed by atoms with van der Waals surface area (Å²) in [5.74, 6) is 0.743. The van der Waals surface area contributed by atoms with Crippen molar-refractivity contribution < 1.29 is 9.18 Å². The Bertz CT molecular complexity index is 838. The highest BCUT2D eigenvalue weighted by Gasteiger charge is 2.41. The van der Waals surface area contributed by atoms with Gasteiger partial charge in [0.25, 0.3) is 0 Å². The summed E-state index contributed by atoms with van der Waals surface area (Å²) in [7, 11) is 1.77. The van der Waals surface area contributed by atoms with Crippen molar-refractivity contribution in [1.82, 2.24) is 15.0 Å². The predicted molar refractivity (Wildman–Crippen MR) is 120 cm³/mol. The molecule has 0 bridgehead atoms. The summed E-state index contributed by atoms with van der Waals surface area (Å²) >= 11 is 0. The molecule has 30 heavy (non-hydrogen) atoms. The van der Waals surface area contributed by atoms with Gasteiger partial charge < -0.3 is 9.80 Å². The molecule has 1 saturated carbocycles. The number of nitrogens with zero attached hydrogens (tertiary/aromatic N) is 5. The van der Waals surface area contributed by atoms with E-state index in [-0.39, 0.29) is 11.9 Å². The van der Waals surface area contributed by atoms with Crippen LogP contribution in [0.25, 0.3) is 11.4 Å². The Hall–Kier alpha value is -2.57. The van der Waals surface area contributed by atoms with Gasteiger partial charge in [0.2, 0.25) is 11.9 Å². The molecular formula is C23H34FN5O. The molecule has 1 atom stereocenters. The summed E-state index contributed by atoms with van der Waals surface area (Å²) in [5.41, 5.74) is 1.30. The average molecular weight is 416 g/mol. The largest absolute Gasteiger partial charge is 0.340 e. The number of carbonyl (C=O) groups is 1. The van der Waals surface area contributed by atoms with E-state index in [0.717, 1.165) is 25.1 Å². The first-order valence-electron chi connectivity index (χ1n) is 11.1. The lowest BCUT2D eigenvalue weighted by molar-refractivity contribution is -0.120. The van der Waals surface area contributed by atoms with Crippen LogP contribution < -0.4 is 9.80 Å². The Morgan fingerprint density at radius 2 is 1.80 bits per heavy atom. The standard InChI is InChI=1S/C19H22FN5O.2C2H6/c1-3-14-19(26)24(2)15-11-22-17(12-8-9-21-16(20)10-12)23-18(15)25(14)13-6-4-5-7-13;2*1-2/h8-11,13-14H,3-7H2,1-2H3;2*1-2H3. The van der Waals surface area contributed by atoms with E-state index in [9.17, 15) is 9.18 Å². The molecule has 1 aliphatic heterocycles. The third-order valence-electron chi connectivity index (χ3n) is 5.40. The van der Waals surface area contributed by atoms with Crippen LogP contribution in [0, 0.1) is 5.95 Å². The third kappa shape index (κ3) is 4.60. The van der Waals surface area contributed by atoms with Gasteiger partial charge in [-0.1, -0.05) is 47.5 Å². The minimum Gasteiger partial charge on any atom is -0.340 e. The SMILES string of the molecule is CC.CC.CCC1C(=O)N(C)c2cnc(-c3ccnc(F)c3)nc2N1C1CCCC1. The van der Waals surface area contributed by atoms with Crippen molar-refractivity contribution >= 4 is 17.4 Å². The number of likely N-dealkylation sites (N-methyl/N-ethyl adjacent to an activating group) is 1. The van der Waals surface area contributed by atoms with Gasteiger partial charge in [0.05, 0.1) is 6.20 Å². The average Bonchev–Trinajstić information content (AvgIpc) is 3.33. The van der Waals surface area contributed by atoms with Crippen molar-refractivity contribution in [2.75, 3.05) is 16.8 Å². The second kappa shape index (κ2) is 11.0. The number of hydrogen-bond donors (Lipinski definition) is 0. The lowest BCUT2D eigenvalue weighted by Crippen LogP contribution is -2.55. The van der Waals surface area contributed by atoms with Gasteiger partial charge in [0.15, 0.2) is 11.6 Å². The van der Waals surface area contributed by atoms with Gasteiger partial charge in [0, 0.05) is 30.9 Å². The smallest absolute Gasteiger partial charge is 0.249 e. The van der Waals surface area contributed by atoms with Crippen molar-refractivity contribution in [3.63, 3.8) is 0 Å². The van der Waals surface area contributed by atoms with Crippen LogP contribution in [0.15, 0.2) is 24.5 Å². The van der Waals surface area contributed by atoms with Crippen molar-refractivity contribution in [3.8, 4) is 11.4 Å². The van der Waals surface area contributed by atoms with E-state index in [1.807, 2.05) is 34.6 Å². The number of anilines is 2. The van der Waals surface area contributed by atoms with Gasteiger partial charge in [-0.25, -0.2) is 15.0 Å². The molecule has 1 aliphatic carbocycles. The first-order chi connectivity index (χ1) is 14.6. The van der Waals surface area contributed by atoms with E-state index in [0.29, 0.717) is 23.1 Å². The lowest BCUT2D eigenvalue weighted by Gasteiger charge is -2.43. The van der Waals surface area contributed by atoms with Gasteiger partial charge >= 0.3 is 0 Å². The van der Waals surface area contributed by atoms with Crippen LogP contribution in [-0.2, 0) is 4.79 Å². The van der Waals surface area contributed by atoms with Crippen LogP contribution in [0.4, 0.5) is 15.9 Å². The van der Waals surface area contributed by atoms with Gasteiger partial charge in [-0.15, -0.1) is 0 Å². The molecule has 1 amide bonds. The molecule has 2 aliphatic rings. The molecule has 1 fully saturated rings. The zero-order valence-electron chi connectivity index (χ0n) is 19.0. The number of fused-ring (bicyclic) bond motifs is 1. The van der Waals surface area contributed by atoms with Gasteiger partial charge in [-0.05, 0) is 25.3 Å². The van der Waals surface area contributed by atoms with E-state index in [4.69, 9.17) is 4.98 Å². The first-order valence-corrected chi connectivity index (χ1v) is 11.1. The van der Waals surface area contributed by atoms with Crippen LogP contribution in [0.1, 0.15) is 66.7 Å². The third-order valence-corrected chi connectivity index (χ3v) is 5.40.